The molecule has 17 heavy (non-hydrogen) atoms. The molecule has 0 atom stereocenters. The number of phenols is 2. The fourth-order valence-corrected chi connectivity index (χ4v) is 2.02. The molecule has 2 aromatic carbocycles. The first-order valence-corrected chi connectivity index (χ1v) is 6.16. The second-order valence-electron chi connectivity index (χ2n) is 3.49. The monoisotopic (exact) mass is 294 g/mol. The van der Waals surface area contributed by atoms with Crippen LogP contribution in [-0.2, 0) is 5.33 Å². The Morgan fingerprint density at radius 3 is 2.41 bits per heavy atom. The lowest BCUT2D eigenvalue weighted by Crippen LogP contribution is -1.90. The summed E-state index contributed by atoms with van der Waals surface area (Å²) in [6.07, 6.45) is 0. The van der Waals surface area contributed by atoms with Crippen molar-refractivity contribution in [2.45, 2.75) is 5.33 Å². The lowest BCUT2D eigenvalue weighted by Gasteiger charge is -2.11. The van der Waals surface area contributed by atoms with E-state index in [4.69, 9.17) is 4.74 Å². The molecule has 0 spiro atoms. The zero-order valence-electron chi connectivity index (χ0n) is 8.93. The van der Waals surface area contributed by atoms with Crippen molar-refractivity contribution >= 4 is 15.9 Å². The highest BCUT2D eigenvalue weighted by atomic mass is 79.9. The average Bonchev–Trinajstić information content (AvgIpc) is 2.30. The van der Waals surface area contributed by atoms with Crippen molar-refractivity contribution in [2.75, 3.05) is 0 Å². The zero-order chi connectivity index (χ0) is 12.3. The van der Waals surface area contributed by atoms with Crippen LogP contribution in [0.15, 0.2) is 42.5 Å². The average molecular weight is 295 g/mol. The zero-order valence-corrected chi connectivity index (χ0v) is 10.5. The first-order valence-electron chi connectivity index (χ1n) is 5.04. The Hall–Kier alpha value is -1.68. The smallest absolute Gasteiger partial charge is 0.138 e. The molecule has 4 heteroatoms. The topological polar surface area (TPSA) is 49.7 Å². The molecule has 0 fully saturated rings. The van der Waals surface area contributed by atoms with Crippen LogP contribution >= 0.6 is 15.9 Å². The molecule has 0 aliphatic heterocycles. The van der Waals surface area contributed by atoms with E-state index in [1.807, 2.05) is 18.2 Å². The van der Waals surface area contributed by atoms with Crippen molar-refractivity contribution in [3.8, 4) is 23.0 Å². The van der Waals surface area contributed by atoms with Gasteiger partial charge in [0.05, 0.1) is 0 Å². The van der Waals surface area contributed by atoms with Gasteiger partial charge in [0.2, 0.25) is 0 Å². The molecule has 0 bridgehead atoms. The van der Waals surface area contributed by atoms with Crippen molar-refractivity contribution in [2.24, 2.45) is 0 Å². The molecular weight excluding hydrogens is 284 g/mol. The second kappa shape index (κ2) is 5.10. The molecule has 0 amide bonds. The summed E-state index contributed by atoms with van der Waals surface area (Å²) in [4.78, 5) is 0. The van der Waals surface area contributed by atoms with Crippen molar-refractivity contribution in [1.29, 1.82) is 0 Å². The van der Waals surface area contributed by atoms with Gasteiger partial charge in [-0.15, -0.1) is 0 Å². The predicted molar refractivity (Wildman–Crippen MR) is 68.9 cm³/mol. The molecule has 3 nitrogen and oxygen atoms in total. The number of aromatic hydroxyl groups is 2. The van der Waals surface area contributed by atoms with Crippen LogP contribution in [0.2, 0.25) is 0 Å². The first kappa shape index (κ1) is 11.8. The standard InChI is InChI=1S/C13H11BrO3/c14-8-11-12(16)6-9(15)7-13(11)17-10-4-2-1-3-5-10/h1-7,15-16H,8H2. The summed E-state index contributed by atoms with van der Waals surface area (Å²) in [7, 11) is 0. The van der Waals surface area contributed by atoms with Gasteiger partial charge in [-0.3, -0.25) is 0 Å². The predicted octanol–water partition coefficient (Wildman–Crippen LogP) is 3.79. The van der Waals surface area contributed by atoms with E-state index in [-0.39, 0.29) is 11.5 Å². The van der Waals surface area contributed by atoms with Gasteiger partial charge < -0.3 is 14.9 Å². The third-order valence-electron chi connectivity index (χ3n) is 2.27. The molecule has 88 valence electrons. The molecule has 2 N–H and O–H groups in total. The minimum absolute atomic E-state index is 0.00723. The van der Waals surface area contributed by atoms with Gasteiger partial charge in [-0.25, -0.2) is 0 Å². The fraction of sp³-hybridized carbons (Fsp3) is 0.0769. The maximum atomic E-state index is 9.68. The van der Waals surface area contributed by atoms with Crippen molar-refractivity contribution < 1.29 is 14.9 Å². The number of hydrogen-bond donors (Lipinski definition) is 2. The van der Waals surface area contributed by atoms with Crippen LogP contribution in [0.3, 0.4) is 0 Å². The molecule has 0 saturated heterocycles. The van der Waals surface area contributed by atoms with Gasteiger partial charge in [0.25, 0.3) is 0 Å². The van der Waals surface area contributed by atoms with E-state index < -0.39 is 0 Å². The summed E-state index contributed by atoms with van der Waals surface area (Å²) in [5.74, 6) is 1.07. The number of rotatable bonds is 3. The van der Waals surface area contributed by atoms with E-state index >= 15 is 0 Å². The van der Waals surface area contributed by atoms with Gasteiger partial charge in [-0.2, -0.15) is 0 Å². The van der Waals surface area contributed by atoms with Gasteiger partial charge in [-0.1, -0.05) is 34.1 Å². The molecule has 0 aromatic heterocycles. The molecule has 0 radical (unpaired) electrons. The quantitative estimate of drug-likeness (QED) is 0.847. The van der Waals surface area contributed by atoms with Gasteiger partial charge in [0.1, 0.15) is 23.0 Å². The number of hydrogen-bond acceptors (Lipinski definition) is 3. The third-order valence-corrected chi connectivity index (χ3v) is 2.84. The largest absolute Gasteiger partial charge is 0.508 e. The molecule has 0 aliphatic carbocycles. The number of ether oxygens (including phenoxy) is 1. The van der Waals surface area contributed by atoms with E-state index in [2.05, 4.69) is 15.9 Å². The summed E-state index contributed by atoms with van der Waals surface area (Å²) in [6.45, 7) is 0. The number of benzene rings is 2. The molecule has 2 rings (SSSR count). The highest BCUT2D eigenvalue weighted by molar-refractivity contribution is 9.08. The van der Waals surface area contributed by atoms with Gasteiger partial charge in [-0.05, 0) is 12.1 Å². The van der Waals surface area contributed by atoms with Crippen molar-refractivity contribution in [1.82, 2.24) is 0 Å². The van der Waals surface area contributed by atoms with Crippen molar-refractivity contribution in [3.63, 3.8) is 0 Å². The van der Waals surface area contributed by atoms with Crippen LogP contribution in [-0.4, -0.2) is 10.2 Å². The first-order chi connectivity index (χ1) is 8.20. The van der Waals surface area contributed by atoms with Gasteiger partial charge in [0.15, 0.2) is 0 Å². The number of alkyl halides is 1. The molecule has 0 saturated carbocycles. The SMILES string of the molecule is Oc1cc(O)c(CBr)c(Oc2ccccc2)c1. The highest BCUT2D eigenvalue weighted by Crippen LogP contribution is 2.36. The number of halogens is 1. The van der Waals surface area contributed by atoms with Crippen LogP contribution in [0.1, 0.15) is 5.56 Å². The lowest BCUT2D eigenvalue weighted by molar-refractivity contribution is 0.426. The second-order valence-corrected chi connectivity index (χ2v) is 4.05. The Balaban J connectivity index is 2.38. The van der Waals surface area contributed by atoms with E-state index in [1.165, 1.54) is 12.1 Å². The minimum Gasteiger partial charge on any atom is -0.508 e. The summed E-state index contributed by atoms with van der Waals surface area (Å²) in [5, 5.41) is 19.6. The lowest BCUT2D eigenvalue weighted by atomic mass is 10.2. The summed E-state index contributed by atoms with van der Waals surface area (Å²) in [6, 6.07) is 12.0. The van der Waals surface area contributed by atoms with E-state index in [1.54, 1.807) is 12.1 Å². The highest BCUT2D eigenvalue weighted by Gasteiger charge is 2.11. The summed E-state index contributed by atoms with van der Waals surface area (Å²) >= 11 is 3.28. The molecular formula is C13H11BrO3. The molecule has 0 heterocycles. The van der Waals surface area contributed by atoms with E-state index in [9.17, 15) is 10.2 Å². The molecule has 0 unspecified atom stereocenters. The van der Waals surface area contributed by atoms with Gasteiger partial charge in [0, 0.05) is 23.0 Å². The Morgan fingerprint density at radius 1 is 1.06 bits per heavy atom. The Kier molecular flexibility index (Phi) is 3.54. The minimum atomic E-state index is -0.0295. The Bertz CT molecular complexity index is 512. The Labute approximate surface area is 107 Å². The third kappa shape index (κ3) is 2.71. The van der Waals surface area contributed by atoms with E-state index in [0.717, 1.165) is 0 Å². The van der Waals surface area contributed by atoms with Crippen molar-refractivity contribution in [3.05, 3.63) is 48.0 Å². The van der Waals surface area contributed by atoms with Crippen LogP contribution in [0.4, 0.5) is 0 Å². The molecule has 0 aliphatic rings. The molecule has 2 aromatic rings. The fourth-order valence-electron chi connectivity index (χ4n) is 1.46. The van der Waals surface area contributed by atoms with Gasteiger partial charge >= 0.3 is 0 Å². The number of para-hydroxylation sites is 1. The normalized spacial score (nSPS) is 10.2. The summed E-state index contributed by atoms with van der Waals surface area (Å²) in [5.41, 5.74) is 0.603. The maximum absolute atomic E-state index is 9.68. The Morgan fingerprint density at radius 2 is 1.76 bits per heavy atom. The van der Waals surface area contributed by atoms with Crippen LogP contribution < -0.4 is 4.74 Å². The van der Waals surface area contributed by atoms with Crippen LogP contribution in [0.25, 0.3) is 0 Å². The van der Waals surface area contributed by atoms with E-state index in [0.29, 0.717) is 22.4 Å². The summed E-state index contributed by atoms with van der Waals surface area (Å²) < 4.78 is 5.61. The number of phenolic OH excluding ortho intramolecular Hbond substituents is 2. The van der Waals surface area contributed by atoms with Crippen LogP contribution in [0.5, 0.6) is 23.0 Å². The maximum Gasteiger partial charge on any atom is 0.138 e. The van der Waals surface area contributed by atoms with Crippen LogP contribution in [0, 0.1) is 0 Å².